The SMILES string of the molecule is COc1ccccc1OCCn1c(CCNC(=O)c2cccc(Cl)c2)nc2ccccc21. The van der Waals surface area contributed by atoms with Crippen LogP contribution in [0.4, 0.5) is 0 Å². The number of amides is 1. The molecule has 0 atom stereocenters. The van der Waals surface area contributed by atoms with E-state index in [1.807, 2.05) is 48.5 Å². The molecule has 0 aliphatic heterocycles. The fraction of sp³-hybridized carbons (Fsp3) is 0.200. The molecule has 0 radical (unpaired) electrons. The Bertz CT molecular complexity index is 1220. The molecule has 1 amide bonds. The Kier molecular flexibility index (Phi) is 6.92. The van der Waals surface area contributed by atoms with Crippen LogP contribution in [0.2, 0.25) is 5.02 Å². The molecular weight excluding hydrogens is 426 g/mol. The highest BCUT2D eigenvalue weighted by Crippen LogP contribution is 2.26. The molecule has 0 saturated heterocycles. The second-order valence-corrected chi connectivity index (χ2v) is 7.62. The number of para-hydroxylation sites is 4. The maximum Gasteiger partial charge on any atom is 0.251 e. The molecule has 4 aromatic rings. The highest BCUT2D eigenvalue weighted by molar-refractivity contribution is 6.30. The Morgan fingerprint density at radius 3 is 2.62 bits per heavy atom. The van der Waals surface area contributed by atoms with Crippen LogP contribution in [0.1, 0.15) is 16.2 Å². The summed E-state index contributed by atoms with van der Waals surface area (Å²) in [5.74, 6) is 2.14. The van der Waals surface area contributed by atoms with E-state index in [-0.39, 0.29) is 5.91 Å². The first kappa shape index (κ1) is 21.7. The van der Waals surface area contributed by atoms with Gasteiger partial charge in [0.15, 0.2) is 11.5 Å². The smallest absolute Gasteiger partial charge is 0.251 e. The fourth-order valence-corrected chi connectivity index (χ4v) is 3.76. The molecular formula is C25H24ClN3O3. The normalized spacial score (nSPS) is 10.8. The summed E-state index contributed by atoms with van der Waals surface area (Å²) in [7, 11) is 1.63. The van der Waals surface area contributed by atoms with Crippen molar-refractivity contribution in [1.82, 2.24) is 14.9 Å². The summed E-state index contributed by atoms with van der Waals surface area (Å²) >= 11 is 5.98. The average molecular weight is 450 g/mol. The number of imidazole rings is 1. The third-order valence-electron chi connectivity index (χ3n) is 5.10. The highest BCUT2D eigenvalue weighted by atomic mass is 35.5. The topological polar surface area (TPSA) is 65.4 Å². The molecule has 1 heterocycles. The Balaban J connectivity index is 1.43. The van der Waals surface area contributed by atoms with Gasteiger partial charge in [0.2, 0.25) is 0 Å². The van der Waals surface area contributed by atoms with Crippen LogP contribution in [0.15, 0.2) is 72.8 Å². The molecule has 6 nitrogen and oxygen atoms in total. The molecule has 0 spiro atoms. The number of aromatic nitrogens is 2. The van der Waals surface area contributed by atoms with Crippen molar-refractivity contribution in [2.24, 2.45) is 0 Å². The lowest BCUT2D eigenvalue weighted by atomic mass is 10.2. The zero-order valence-electron chi connectivity index (χ0n) is 17.8. The van der Waals surface area contributed by atoms with E-state index in [9.17, 15) is 4.79 Å². The standard InChI is InChI=1S/C25H24ClN3O3/c1-31-22-11-4-5-12-23(22)32-16-15-29-21-10-3-2-9-20(21)28-24(29)13-14-27-25(30)18-7-6-8-19(26)17-18/h2-12,17H,13-16H2,1H3,(H,27,30). The molecule has 0 bridgehead atoms. The van der Waals surface area contributed by atoms with Crippen molar-refractivity contribution in [3.8, 4) is 11.5 Å². The van der Waals surface area contributed by atoms with Gasteiger partial charge in [0.1, 0.15) is 12.4 Å². The van der Waals surface area contributed by atoms with Gasteiger partial charge in [-0.2, -0.15) is 0 Å². The Hall–Kier alpha value is -3.51. The number of carbonyl (C=O) groups excluding carboxylic acids is 1. The summed E-state index contributed by atoms with van der Waals surface area (Å²) in [4.78, 5) is 17.2. The van der Waals surface area contributed by atoms with E-state index in [2.05, 4.69) is 9.88 Å². The number of halogens is 1. The van der Waals surface area contributed by atoms with E-state index >= 15 is 0 Å². The molecule has 1 N–H and O–H groups in total. The maximum atomic E-state index is 12.4. The van der Waals surface area contributed by atoms with E-state index in [4.69, 9.17) is 26.1 Å². The van der Waals surface area contributed by atoms with Gasteiger partial charge in [0, 0.05) is 23.6 Å². The quantitative estimate of drug-likeness (QED) is 0.400. The van der Waals surface area contributed by atoms with Crippen molar-refractivity contribution >= 4 is 28.5 Å². The predicted octanol–water partition coefficient (Wildman–Crippen LogP) is 4.75. The summed E-state index contributed by atoms with van der Waals surface area (Å²) < 4.78 is 13.5. The van der Waals surface area contributed by atoms with Crippen molar-refractivity contribution in [3.05, 3.63) is 89.2 Å². The van der Waals surface area contributed by atoms with Gasteiger partial charge in [-0.05, 0) is 42.5 Å². The van der Waals surface area contributed by atoms with E-state index in [0.29, 0.717) is 48.2 Å². The van der Waals surface area contributed by atoms with Crippen molar-refractivity contribution < 1.29 is 14.3 Å². The van der Waals surface area contributed by atoms with Gasteiger partial charge >= 0.3 is 0 Å². The highest BCUT2D eigenvalue weighted by Gasteiger charge is 2.12. The maximum absolute atomic E-state index is 12.4. The van der Waals surface area contributed by atoms with Gasteiger partial charge in [-0.1, -0.05) is 41.9 Å². The van der Waals surface area contributed by atoms with Crippen molar-refractivity contribution in [3.63, 3.8) is 0 Å². The van der Waals surface area contributed by atoms with Crippen LogP contribution in [0.3, 0.4) is 0 Å². The lowest BCUT2D eigenvalue weighted by Crippen LogP contribution is -2.26. The monoisotopic (exact) mass is 449 g/mol. The summed E-state index contributed by atoms with van der Waals surface area (Å²) in [5.41, 5.74) is 2.49. The molecule has 0 unspecified atom stereocenters. The lowest BCUT2D eigenvalue weighted by molar-refractivity contribution is 0.0954. The number of fused-ring (bicyclic) bond motifs is 1. The number of ether oxygens (including phenoxy) is 2. The number of hydrogen-bond acceptors (Lipinski definition) is 4. The summed E-state index contributed by atoms with van der Waals surface area (Å²) in [6.45, 7) is 1.54. The molecule has 32 heavy (non-hydrogen) atoms. The number of rotatable bonds is 9. The van der Waals surface area contributed by atoms with E-state index in [0.717, 1.165) is 16.9 Å². The van der Waals surface area contributed by atoms with Crippen molar-refractivity contribution in [1.29, 1.82) is 0 Å². The van der Waals surface area contributed by atoms with Crippen LogP contribution < -0.4 is 14.8 Å². The van der Waals surface area contributed by atoms with Gasteiger partial charge < -0.3 is 19.4 Å². The third kappa shape index (κ3) is 5.03. The number of carbonyl (C=O) groups is 1. The third-order valence-corrected chi connectivity index (χ3v) is 5.33. The van der Waals surface area contributed by atoms with E-state index in [1.165, 1.54) is 0 Å². The molecule has 3 aromatic carbocycles. The van der Waals surface area contributed by atoms with E-state index < -0.39 is 0 Å². The Morgan fingerprint density at radius 1 is 1.03 bits per heavy atom. The first-order valence-electron chi connectivity index (χ1n) is 10.4. The van der Waals surface area contributed by atoms with Crippen LogP contribution in [0, 0.1) is 0 Å². The largest absolute Gasteiger partial charge is 0.493 e. The van der Waals surface area contributed by atoms with Gasteiger partial charge in [-0.15, -0.1) is 0 Å². The number of methoxy groups -OCH3 is 1. The van der Waals surface area contributed by atoms with Crippen LogP contribution in [0.5, 0.6) is 11.5 Å². The second-order valence-electron chi connectivity index (χ2n) is 7.18. The summed E-state index contributed by atoms with van der Waals surface area (Å²) in [6, 6.07) is 22.5. The fourth-order valence-electron chi connectivity index (χ4n) is 3.57. The molecule has 0 fully saturated rings. The Morgan fingerprint density at radius 2 is 1.81 bits per heavy atom. The average Bonchev–Trinajstić information content (AvgIpc) is 3.16. The Labute approximate surface area is 191 Å². The zero-order chi connectivity index (χ0) is 22.3. The second kappa shape index (κ2) is 10.2. The molecule has 0 aliphatic carbocycles. The molecule has 4 rings (SSSR count). The molecule has 0 aliphatic rings. The minimum absolute atomic E-state index is 0.158. The minimum Gasteiger partial charge on any atom is -0.493 e. The number of nitrogens with one attached hydrogen (secondary N) is 1. The number of benzene rings is 3. The van der Waals surface area contributed by atoms with Crippen molar-refractivity contribution in [2.45, 2.75) is 13.0 Å². The first-order chi connectivity index (χ1) is 15.7. The van der Waals surface area contributed by atoms with Crippen LogP contribution in [-0.2, 0) is 13.0 Å². The zero-order valence-corrected chi connectivity index (χ0v) is 18.5. The summed E-state index contributed by atoms with van der Waals surface area (Å²) in [6.07, 6.45) is 0.593. The number of hydrogen-bond donors (Lipinski definition) is 1. The van der Waals surface area contributed by atoms with Crippen LogP contribution in [0.25, 0.3) is 11.0 Å². The molecule has 1 aromatic heterocycles. The summed E-state index contributed by atoms with van der Waals surface area (Å²) in [5, 5.41) is 3.48. The van der Waals surface area contributed by atoms with Crippen LogP contribution in [-0.4, -0.2) is 35.7 Å². The van der Waals surface area contributed by atoms with Gasteiger partial charge in [0.25, 0.3) is 5.91 Å². The van der Waals surface area contributed by atoms with Crippen LogP contribution >= 0.6 is 11.6 Å². The number of nitrogens with zero attached hydrogens (tertiary/aromatic N) is 2. The molecule has 164 valence electrons. The lowest BCUT2D eigenvalue weighted by Gasteiger charge is -2.13. The first-order valence-corrected chi connectivity index (χ1v) is 10.8. The van der Waals surface area contributed by atoms with Crippen molar-refractivity contribution in [2.75, 3.05) is 20.3 Å². The predicted molar refractivity (Wildman–Crippen MR) is 126 cm³/mol. The van der Waals surface area contributed by atoms with Gasteiger partial charge in [-0.3, -0.25) is 4.79 Å². The minimum atomic E-state index is -0.158. The molecule has 0 saturated carbocycles. The molecule has 7 heteroatoms. The van der Waals surface area contributed by atoms with Gasteiger partial charge in [-0.25, -0.2) is 4.98 Å². The van der Waals surface area contributed by atoms with E-state index in [1.54, 1.807) is 31.4 Å². The van der Waals surface area contributed by atoms with Gasteiger partial charge in [0.05, 0.1) is 24.7 Å².